The lowest BCUT2D eigenvalue weighted by molar-refractivity contribution is -0.137. The van der Waals surface area contributed by atoms with Crippen LogP contribution in [0.15, 0.2) is 48.7 Å². The zero-order valence-electron chi connectivity index (χ0n) is 13.7. The number of fused-ring (bicyclic) bond motifs is 1. The maximum Gasteiger partial charge on any atom is 0.416 e. The highest BCUT2D eigenvalue weighted by Crippen LogP contribution is 2.32. The van der Waals surface area contributed by atoms with Crippen LogP contribution in [0.4, 0.5) is 13.2 Å². The average molecular weight is 348 g/mol. The minimum Gasteiger partial charge on any atom is -0.497 e. The van der Waals surface area contributed by atoms with Gasteiger partial charge in [-0.25, -0.2) is 0 Å². The summed E-state index contributed by atoms with van der Waals surface area (Å²) in [7, 11) is 1.61. The van der Waals surface area contributed by atoms with Crippen LogP contribution in [0.3, 0.4) is 0 Å². The van der Waals surface area contributed by atoms with Crippen LogP contribution in [0.1, 0.15) is 22.6 Å². The molecule has 0 spiro atoms. The van der Waals surface area contributed by atoms with Gasteiger partial charge in [-0.05, 0) is 54.4 Å². The monoisotopic (exact) mass is 348 g/mol. The Hall–Kier alpha value is -2.47. The topological polar surface area (TPSA) is 51.0 Å². The van der Waals surface area contributed by atoms with E-state index in [9.17, 15) is 13.2 Å². The van der Waals surface area contributed by atoms with Gasteiger partial charge in [-0.1, -0.05) is 12.1 Å². The number of aromatic nitrogens is 1. The van der Waals surface area contributed by atoms with Gasteiger partial charge in [0.25, 0.3) is 0 Å². The second-order valence-electron chi connectivity index (χ2n) is 5.99. The van der Waals surface area contributed by atoms with Gasteiger partial charge < -0.3 is 15.5 Å². The van der Waals surface area contributed by atoms with Crippen LogP contribution in [0.25, 0.3) is 10.9 Å². The number of ether oxygens (including phenoxy) is 1. The summed E-state index contributed by atoms with van der Waals surface area (Å²) in [4.78, 5) is 3.21. The summed E-state index contributed by atoms with van der Waals surface area (Å²) < 4.78 is 43.3. The molecule has 1 aromatic heterocycles. The molecule has 1 unspecified atom stereocenters. The third kappa shape index (κ3) is 3.64. The van der Waals surface area contributed by atoms with Gasteiger partial charge in [-0.2, -0.15) is 13.2 Å². The zero-order chi connectivity index (χ0) is 18.0. The van der Waals surface area contributed by atoms with Crippen molar-refractivity contribution in [2.75, 3.05) is 13.7 Å². The molecule has 3 nitrogen and oxygen atoms in total. The molecule has 0 aliphatic carbocycles. The Balaban J connectivity index is 1.88. The van der Waals surface area contributed by atoms with Gasteiger partial charge >= 0.3 is 6.18 Å². The Morgan fingerprint density at radius 1 is 1.12 bits per heavy atom. The van der Waals surface area contributed by atoms with Crippen molar-refractivity contribution in [3.05, 3.63) is 65.4 Å². The third-order valence-electron chi connectivity index (χ3n) is 4.41. The molecule has 0 radical (unpaired) electrons. The third-order valence-corrected chi connectivity index (χ3v) is 4.41. The minimum atomic E-state index is -4.32. The van der Waals surface area contributed by atoms with E-state index in [0.29, 0.717) is 13.0 Å². The predicted octanol–water partition coefficient (Wildman–Crippen LogP) is 4.48. The summed E-state index contributed by atoms with van der Waals surface area (Å²) in [6, 6.07) is 11.0. The highest BCUT2D eigenvalue weighted by atomic mass is 19.4. The summed E-state index contributed by atoms with van der Waals surface area (Å²) in [5.41, 5.74) is 8.14. The van der Waals surface area contributed by atoms with E-state index in [1.165, 1.54) is 12.1 Å². The van der Waals surface area contributed by atoms with Crippen LogP contribution in [0.5, 0.6) is 5.75 Å². The van der Waals surface area contributed by atoms with Gasteiger partial charge in [0.2, 0.25) is 0 Å². The van der Waals surface area contributed by atoms with Crippen molar-refractivity contribution in [2.24, 2.45) is 5.73 Å². The molecule has 6 heteroatoms. The van der Waals surface area contributed by atoms with Crippen molar-refractivity contribution in [2.45, 2.75) is 18.5 Å². The van der Waals surface area contributed by atoms with Crippen molar-refractivity contribution in [3.63, 3.8) is 0 Å². The van der Waals surface area contributed by atoms with Crippen molar-refractivity contribution in [1.29, 1.82) is 0 Å². The largest absolute Gasteiger partial charge is 0.497 e. The standard InChI is InChI=1S/C19H19F3N2O/c1-25-15-6-7-18-16(9-15)17(11-24-18)13(10-23)8-12-2-4-14(5-3-12)19(20,21)22/h2-7,9,11,13,24H,8,10,23H2,1H3. The van der Waals surface area contributed by atoms with Crippen molar-refractivity contribution in [3.8, 4) is 5.75 Å². The molecule has 2 aromatic carbocycles. The molecule has 0 amide bonds. The SMILES string of the molecule is COc1ccc2[nH]cc(C(CN)Cc3ccc(C(F)(F)F)cc3)c2c1. The number of H-pyrrole nitrogens is 1. The van der Waals surface area contributed by atoms with Crippen molar-refractivity contribution < 1.29 is 17.9 Å². The molecule has 0 fully saturated rings. The number of aromatic amines is 1. The van der Waals surface area contributed by atoms with E-state index in [1.807, 2.05) is 24.4 Å². The van der Waals surface area contributed by atoms with Crippen LogP contribution < -0.4 is 10.5 Å². The number of nitrogens with two attached hydrogens (primary N) is 1. The number of halogens is 3. The first kappa shape index (κ1) is 17.4. The zero-order valence-corrected chi connectivity index (χ0v) is 13.7. The quantitative estimate of drug-likeness (QED) is 0.714. The molecule has 3 N–H and O–H groups in total. The molecule has 132 valence electrons. The first-order valence-corrected chi connectivity index (χ1v) is 7.93. The van der Waals surface area contributed by atoms with E-state index in [4.69, 9.17) is 10.5 Å². The molecule has 0 aliphatic rings. The second kappa shape index (κ2) is 6.80. The van der Waals surface area contributed by atoms with Gasteiger partial charge in [-0.15, -0.1) is 0 Å². The van der Waals surface area contributed by atoms with Gasteiger partial charge in [0, 0.05) is 23.0 Å². The Morgan fingerprint density at radius 3 is 2.44 bits per heavy atom. The first-order chi connectivity index (χ1) is 11.9. The van der Waals surface area contributed by atoms with Crippen molar-refractivity contribution in [1.82, 2.24) is 4.98 Å². The molecule has 3 rings (SSSR count). The van der Waals surface area contributed by atoms with E-state index < -0.39 is 11.7 Å². The highest BCUT2D eigenvalue weighted by molar-refractivity contribution is 5.85. The number of hydrogen-bond donors (Lipinski definition) is 2. The molecule has 1 atom stereocenters. The molecule has 0 saturated carbocycles. The fraction of sp³-hybridized carbons (Fsp3) is 0.263. The number of hydrogen-bond acceptors (Lipinski definition) is 2. The molecule has 0 aliphatic heterocycles. The smallest absolute Gasteiger partial charge is 0.416 e. The summed E-state index contributed by atoms with van der Waals surface area (Å²) in [5.74, 6) is 0.747. The number of benzene rings is 2. The number of rotatable bonds is 5. The van der Waals surface area contributed by atoms with Crippen LogP contribution in [0.2, 0.25) is 0 Å². The molecule has 3 aromatic rings. The lowest BCUT2D eigenvalue weighted by Crippen LogP contribution is -2.15. The molecular weight excluding hydrogens is 329 g/mol. The van der Waals surface area contributed by atoms with E-state index in [-0.39, 0.29) is 5.92 Å². The first-order valence-electron chi connectivity index (χ1n) is 7.93. The lowest BCUT2D eigenvalue weighted by atomic mass is 9.91. The van der Waals surface area contributed by atoms with E-state index >= 15 is 0 Å². The van der Waals surface area contributed by atoms with Crippen LogP contribution in [0, 0.1) is 0 Å². The molecular formula is C19H19F3N2O. The normalized spacial score (nSPS) is 13.2. The Morgan fingerprint density at radius 2 is 1.84 bits per heavy atom. The average Bonchev–Trinajstić information content (AvgIpc) is 3.02. The summed E-state index contributed by atoms with van der Waals surface area (Å²) >= 11 is 0. The van der Waals surface area contributed by atoms with Gasteiger partial charge in [0.05, 0.1) is 12.7 Å². The number of nitrogens with one attached hydrogen (secondary N) is 1. The van der Waals surface area contributed by atoms with Crippen molar-refractivity contribution >= 4 is 10.9 Å². The highest BCUT2D eigenvalue weighted by Gasteiger charge is 2.30. The number of alkyl halides is 3. The summed E-state index contributed by atoms with van der Waals surface area (Å²) in [5, 5.41) is 1.02. The maximum atomic E-state index is 12.7. The van der Waals surface area contributed by atoms with Gasteiger partial charge in [0.15, 0.2) is 0 Å². The fourth-order valence-corrected chi connectivity index (χ4v) is 3.02. The van der Waals surface area contributed by atoms with Gasteiger partial charge in [0.1, 0.15) is 5.75 Å². The lowest BCUT2D eigenvalue weighted by Gasteiger charge is -2.15. The Kier molecular flexibility index (Phi) is 4.72. The minimum absolute atomic E-state index is 0.00223. The molecule has 0 saturated heterocycles. The van der Waals surface area contributed by atoms with E-state index in [1.54, 1.807) is 7.11 Å². The summed E-state index contributed by atoms with van der Waals surface area (Å²) in [6.45, 7) is 0.394. The van der Waals surface area contributed by atoms with E-state index in [2.05, 4.69) is 4.98 Å². The Labute approximate surface area is 143 Å². The van der Waals surface area contributed by atoms with Crippen LogP contribution in [-0.4, -0.2) is 18.6 Å². The summed E-state index contributed by atoms with van der Waals surface area (Å²) in [6.07, 6.45) is -1.84. The molecule has 25 heavy (non-hydrogen) atoms. The molecule has 0 bridgehead atoms. The van der Waals surface area contributed by atoms with Gasteiger partial charge in [-0.3, -0.25) is 0 Å². The number of methoxy groups -OCH3 is 1. The Bertz CT molecular complexity index is 853. The maximum absolute atomic E-state index is 12.7. The van der Waals surface area contributed by atoms with E-state index in [0.717, 1.165) is 39.9 Å². The van der Waals surface area contributed by atoms with Crippen LogP contribution in [-0.2, 0) is 12.6 Å². The second-order valence-corrected chi connectivity index (χ2v) is 5.99. The predicted molar refractivity (Wildman–Crippen MR) is 91.8 cm³/mol. The fourth-order valence-electron chi connectivity index (χ4n) is 3.02. The molecule has 1 heterocycles. The van der Waals surface area contributed by atoms with Crippen LogP contribution >= 0.6 is 0 Å².